The van der Waals surface area contributed by atoms with Gasteiger partial charge < -0.3 is 5.11 Å². The van der Waals surface area contributed by atoms with E-state index in [0.29, 0.717) is 17.2 Å². The van der Waals surface area contributed by atoms with Crippen molar-refractivity contribution < 1.29 is 18.3 Å². The number of pyridine rings is 1. The van der Waals surface area contributed by atoms with E-state index >= 15 is 0 Å². The molecule has 0 bridgehead atoms. The summed E-state index contributed by atoms with van der Waals surface area (Å²) in [5, 5.41) is 21.2. The number of benzene rings is 2. The highest BCUT2D eigenvalue weighted by Crippen LogP contribution is 2.32. The number of carboxylic acid groups (broad SMARTS) is 1. The molecule has 3 N–H and O–H groups in total. The summed E-state index contributed by atoms with van der Waals surface area (Å²) in [6, 6.07) is 16.3. The molecule has 37 heavy (non-hydrogen) atoms. The van der Waals surface area contributed by atoms with Crippen LogP contribution >= 0.6 is 11.3 Å². The van der Waals surface area contributed by atoms with Crippen LogP contribution < -0.4 is 5.14 Å². The summed E-state index contributed by atoms with van der Waals surface area (Å²) in [5.74, 6) is -1.11. The van der Waals surface area contributed by atoms with Crippen molar-refractivity contribution in [3.63, 3.8) is 0 Å². The number of sulfonamides is 1. The third-order valence-electron chi connectivity index (χ3n) is 5.83. The monoisotopic (exact) mass is 531 g/mol. The molecule has 0 aliphatic heterocycles. The molecule has 9 nitrogen and oxygen atoms in total. The molecule has 0 aliphatic carbocycles. The zero-order valence-corrected chi connectivity index (χ0v) is 21.2. The maximum Gasteiger partial charge on any atom is 0.355 e. The van der Waals surface area contributed by atoms with Gasteiger partial charge in [0, 0.05) is 47.1 Å². The summed E-state index contributed by atoms with van der Waals surface area (Å²) in [5.41, 5.74) is 6.32. The van der Waals surface area contributed by atoms with Crippen molar-refractivity contribution in [1.29, 1.82) is 0 Å². The van der Waals surface area contributed by atoms with Crippen LogP contribution in [0, 0.1) is 6.92 Å². The van der Waals surface area contributed by atoms with E-state index < -0.39 is 16.0 Å². The minimum Gasteiger partial charge on any atom is -0.476 e. The fourth-order valence-corrected chi connectivity index (χ4v) is 5.21. The van der Waals surface area contributed by atoms with Crippen molar-refractivity contribution in [2.24, 2.45) is 5.14 Å². The fraction of sp³-hybridized carbons (Fsp3) is 0.0769. The first kappa shape index (κ1) is 24.5. The van der Waals surface area contributed by atoms with E-state index in [-0.39, 0.29) is 10.6 Å². The van der Waals surface area contributed by atoms with E-state index in [0.717, 1.165) is 33.4 Å². The molecule has 5 aromatic rings. The Kier molecular flexibility index (Phi) is 6.42. The van der Waals surface area contributed by atoms with Crippen LogP contribution in [0.3, 0.4) is 0 Å². The van der Waals surface area contributed by atoms with Crippen LogP contribution in [-0.2, 0) is 16.4 Å². The smallest absolute Gasteiger partial charge is 0.355 e. The van der Waals surface area contributed by atoms with Gasteiger partial charge in [-0.25, -0.2) is 28.0 Å². The fourth-order valence-electron chi connectivity index (χ4n) is 3.97. The maximum absolute atomic E-state index is 11.6. The summed E-state index contributed by atoms with van der Waals surface area (Å²) in [6.45, 7) is 2.03. The largest absolute Gasteiger partial charge is 0.476 e. The first-order valence-electron chi connectivity index (χ1n) is 11.1. The van der Waals surface area contributed by atoms with Crippen molar-refractivity contribution in [2.75, 3.05) is 0 Å². The average Bonchev–Trinajstić information content (AvgIpc) is 3.53. The van der Waals surface area contributed by atoms with Gasteiger partial charge in [-0.1, -0.05) is 30.3 Å². The highest BCUT2D eigenvalue weighted by atomic mass is 32.2. The molecule has 0 spiro atoms. The Morgan fingerprint density at radius 3 is 2.54 bits per heavy atom. The number of primary sulfonamides is 1. The number of nitrogens with two attached hydrogens (primary N) is 1. The Morgan fingerprint density at radius 1 is 1.11 bits per heavy atom. The van der Waals surface area contributed by atoms with Gasteiger partial charge >= 0.3 is 5.97 Å². The van der Waals surface area contributed by atoms with E-state index in [2.05, 4.69) is 16.0 Å². The summed E-state index contributed by atoms with van der Waals surface area (Å²) in [6.07, 6.45) is 5.80. The van der Waals surface area contributed by atoms with Gasteiger partial charge in [0.1, 0.15) is 0 Å². The molecule has 0 unspecified atom stereocenters. The number of hydrogen-bond acceptors (Lipinski definition) is 7. The van der Waals surface area contributed by atoms with E-state index in [1.807, 2.05) is 43.6 Å². The van der Waals surface area contributed by atoms with Gasteiger partial charge in [-0.2, -0.15) is 5.10 Å². The summed E-state index contributed by atoms with van der Waals surface area (Å²) >= 11 is 1.18. The molecule has 0 fully saturated rings. The lowest BCUT2D eigenvalue weighted by molar-refractivity contribution is 0.0691. The highest BCUT2D eigenvalue weighted by Gasteiger charge is 2.18. The molecule has 5 rings (SSSR count). The second-order valence-electron chi connectivity index (χ2n) is 8.41. The summed E-state index contributed by atoms with van der Waals surface area (Å²) in [4.78, 5) is 19.8. The molecule has 3 aromatic heterocycles. The average molecular weight is 532 g/mol. The van der Waals surface area contributed by atoms with Gasteiger partial charge in [0.2, 0.25) is 15.2 Å². The minimum absolute atomic E-state index is 0.0378. The van der Waals surface area contributed by atoms with E-state index in [1.54, 1.807) is 23.0 Å². The van der Waals surface area contributed by atoms with Crippen LogP contribution in [0.15, 0.2) is 83.5 Å². The molecule has 0 aliphatic rings. The highest BCUT2D eigenvalue weighted by molar-refractivity contribution is 7.89. The van der Waals surface area contributed by atoms with Crippen molar-refractivity contribution in [2.45, 2.75) is 18.2 Å². The quantitative estimate of drug-likeness (QED) is 0.319. The lowest BCUT2D eigenvalue weighted by Crippen LogP contribution is -2.11. The Bertz CT molecular complexity index is 1710. The van der Waals surface area contributed by atoms with Crippen LogP contribution in [0.5, 0.6) is 0 Å². The second-order valence-corrected chi connectivity index (χ2v) is 10.8. The van der Waals surface area contributed by atoms with Crippen LogP contribution in [-0.4, -0.2) is 39.2 Å². The van der Waals surface area contributed by atoms with Gasteiger partial charge in [-0.15, -0.1) is 11.3 Å². The standard InChI is InChI=1S/C26H21N5O4S2/c1-16-4-7-18(12-22(16)19-3-2-10-28-13-19)24-20(11-17-5-8-21(9-6-17)37(27,34)35)14-31(30-24)26-29-23(15-36-26)25(32)33/h2-10,12-15H,11H2,1H3,(H,32,33)(H2,27,34,35). The number of rotatable bonds is 7. The Labute approximate surface area is 216 Å². The number of hydrogen-bond donors (Lipinski definition) is 2. The molecule has 0 saturated heterocycles. The molecule has 0 radical (unpaired) electrons. The lowest BCUT2D eigenvalue weighted by atomic mass is 9.96. The van der Waals surface area contributed by atoms with Crippen molar-refractivity contribution in [3.8, 4) is 27.5 Å². The molecule has 186 valence electrons. The maximum atomic E-state index is 11.6. The van der Waals surface area contributed by atoms with Gasteiger partial charge in [-0.3, -0.25) is 4.98 Å². The molecule has 11 heteroatoms. The predicted molar refractivity (Wildman–Crippen MR) is 140 cm³/mol. The third kappa shape index (κ3) is 5.19. The van der Waals surface area contributed by atoms with E-state index in [1.165, 1.54) is 28.8 Å². The first-order valence-corrected chi connectivity index (χ1v) is 13.5. The summed E-state index contributed by atoms with van der Waals surface area (Å²) in [7, 11) is -3.79. The molecule has 2 aromatic carbocycles. The van der Waals surface area contributed by atoms with Gasteiger partial charge in [0.05, 0.1) is 10.6 Å². The topological polar surface area (TPSA) is 141 Å². The summed E-state index contributed by atoms with van der Waals surface area (Å²) < 4.78 is 24.9. The SMILES string of the molecule is Cc1ccc(-c2nn(-c3nc(C(=O)O)cs3)cc2Cc2ccc(S(N)(=O)=O)cc2)cc1-c1cccnc1. The number of aromatic carboxylic acids is 1. The van der Waals surface area contributed by atoms with Crippen molar-refractivity contribution >= 4 is 27.3 Å². The van der Waals surface area contributed by atoms with Gasteiger partial charge in [0.15, 0.2) is 5.69 Å². The lowest BCUT2D eigenvalue weighted by Gasteiger charge is -2.09. The number of thiazole rings is 1. The Balaban J connectivity index is 1.60. The van der Waals surface area contributed by atoms with Gasteiger partial charge in [0.25, 0.3) is 0 Å². The normalized spacial score (nSPS) is 11.5. The third-order valence-corrected chi connectivity index (χ3v) is 7.59. The Morgan fingerprint density at radius 2 is 1.89 bits per heavy atom. The number of aromatic nitrogens is 4. The van der Waals surface area contributed by atoms with Gasteiger partial charge in [-0.05, 0) is 47.9 Å². The Hall–Kier alpha value is -4.19. The predicted octanol–water partition coefficient (Wildman–Crippen LogP) is 4.30. The van der Waals surface area contributed by atoms with E-state index in [4.69, 9.17) is 10.2 Å². The molecule has 0 amide bonds. The number of aryl methyl sites for hydroxylation is 1. The van der Waals surface area contributed by atoms with Crippen molar-refractivity contribution in [1.82, 2.24) is 19.7 Å². The van der Waals surface area contributed by atoms with E-state index in [9.17, 15) is 18.3 Å². The minimum atomic E-state index is -3.79. The van der Waals surface area contributed by atoms with Crippen LogP contribution in [0.2, 0.25) is 0 Å². The molecule has 0 atom stereocenters. The molecular formula is C26H21N5O4S2. The first-order chi connectivity index (χ1) is 17.7. The zero-order chi connectivity index (χ0) is 26.2. The molecular weight excluding hydrogens is 510 g/mol. The number of carboxylic acids is 1. The van der Waals surface area contributed by atoms with Crippen LogP contribution in [0.1, 0.15) is 27.2 Å². The zero-order valence-electron chi connectivity index (χ0n) is 19.6. The second kappa shape index (κ2) is 9.69. The molecule has 3 heterocycles. The molecule has 0 saturated carbocycles. The van der Waals surface area contributed by atoms with Crippen LogP contribution in [0.4, 0.5) is 0 Å². The van der Waals surface area contributed by atoms with Crippen molar-refractivity contribution in [3.05, 3.63) is 101 Å². The number of carbonyl (C=O) groups is 1. The number of nitrogens with zero attached hydrogens (tertiary/aromatic N) is 4. The van der Waals surface area contributed by atoms with Crippen LogP contribution in [0.25, 0.3) is 27.5 Å².